The SMILES string of the molecule is c1ccc(-c2cc(-c3nc(-c4ccccc4)cc(-c4ccc(-c5ccc6c(c5)C5(c7ccccc7-c7ccccc75)c5c-6ccc6c7ccc(o7)c56)cc4)n3)c3sc4ccccc4c3c2)cc1. The molecule has 2 aliphatic rings. The van der Waals surface area contributed by atoms with Crippen molar-refractivity contribution in [3.05, 3.63) is 241 Å². The molecule has 9 aromatic carbocycles. The molecular weight excluding hydrogens is 833 g/mol. The van der Waals surface area contributed by atoms with E-state index < -0.39 is 5.41 Å². The van der Waals surface area contributed by atoms with Gasteiger partial charge >= 0.3 is 0 Å². The van der Waals surface area contributed by atoms with Crippen LogP contribution in [0.2, 0.25) is 0 Å². The summed E-state index contributed by atoms with van der Waals surface area (Å²) in [6, 6.07) is 79.5. The quantitative estimate of drug-likeness (QED) is 0.173. The van der Waals surface area contributed by atoms with Crippen molar-refractivity contribution in [1.29, 1.82) is 0 Å². The van der Waals surface area contributed by atoms with E-state index in [0.29, 0.717) is 5.82 Å². The Bertz CT molecular complexity index is 4100. The van der Waals surface area contributed by atoms with Gasteiger partial charge in [0.1, 0.15) is 11.2 Å². The molecule has 4 heterocycles. The Morgan fingerprint density at radius 2 is 0.940 bits per heavy atom. The number of benzene rings is 10. The number of hydrogen-bond acceptors (Lipinski definition) is 4. The van der Waals surface area contributed by atoms with Crippen LogP contribution in [0.1, 0.15) is 22.3 Å². The van der Waals surface area contributed by atoms with Crippen LogP contribution in [-0.4, -0.2) is 9.97 Å². The van der Waals surface area contributed by atoms with Gasteiger partial charge in [0.05, 0.1) is 16.8 Å². The van der Waals surface area contributed by atoms with Gasteiger partial charge in [0.2, 0.25) is 0 Å². The first kappa shape index (κ1) is 36.9. The molecule has 0 unspecified atom stereocenters. The fourth-order valence-corrected chi connectivity index (χ4v) is 12.8. The van der Waals surface area contributed by atoms with E-state index >= 15 is 0 Å². The Kier molecular flexibility index (Phi) is 7.58. The number of aromatic nitrogens is 2. The minimum absolute atomic E-state index is 0.503. The monoisotopic (exact) mass is 868 g/mol. The fraction of sp³-hybridized carbons (Fsp3) is 0.0159. The van der Waals surface area contributed by atoms with Crippen LogP contribution in [0.25, 0.3) is 121 Å². The molecular formula is C63H36N2OS. The fourth-order valence-electron chi connectivity index (χ4n) is 11.6. The van der Waals surface area contributed by atoms with E-state index in [9.17, 15) is 0 Å². The van der Waals surface area contributed by atoms with Gasteiger partial charge in [-0.25, -0.2) is 9.97 Å². The van der Waals surface area contributed by atoms with Gasteiger partial charge in [0.25, 0.3) is 0 Å². The summed E-state index contributed by atoms with van der Waals surface area (Å²) >= 11 is 1.81. The van der Waals surface area contributed by atoms with Crippen LogP contribution in [0, 0.1) is 0 Å². The molecule has 4 heteroatoms. The number of furan rings is 2. The molecule has 1 spiro atoms. The highest BCUT2D eigenvalue weighted by Gasteiger charge is 2.53. The molecule has 67 heavy (non-hydrogen) atoms. The Morgan fingerprint density at radius 3 is 1.70 bits per heavy atom. The standard InChI is InChI=1S/C63H36N2OS/c1-3-13-37(14-4-1)42-33-49-46-19-9-12-22-58(46)67-61(49)50(34-42)62-64-54(39-15-5-2-6-16-39)36-55(65-62)40-25-23-38(24-26-40)41-27-28-45-47-29-30-48-56-31-32-57(66-56)59(48)60(47)63(53(45)35-41)51-20-10-7-17-43(51)44-18-8-11-21-52(44)63/h1-36H. The molecule has 3 nitrogen and oxygen atoms in total. The maximum atomic E-state index is 6.42. The van der Waals surface area contributed by atoms with Gasteiger partial charge in [-0.2, -0.15) is 0 Å². The second kappa shape index (κ2) is 13.8. The highest BCUT2D eigenvalue weighted by molar-refractivity contribution is 7.26. The number of hydrogen-bond donors (Lipinski definition) is 0. The molecule has 0 aliphatic heterocycles. The first-order valence-corrected chi connectivity index (χ1v) is 23.7. The van der Waals surface area contributed by atoms with Crippen molar-refractivity contribution in [1.82, 2.24) is 9.97 Å². The Morgan fingerprint density at radius 1 is 0.358 bits per heavy atom. The largest absolute Gasteiger partial charge is 0.456 e. The van der Waals surface area contributed by atoms with Crippen molar-refractivity contribution in [2.75, 3.05) is 0 Å². The van der Waals surface area contributed by atoms with Crippen molar-refractivity contribution >= 4 is 53.4 Å². The molecule has 0 saturated carbocycles. The molecule has 2 aliphatic carbocycles. The molecule has 0 amide bonds. The average molecular weight is 869 g/mol. The first-order valence-electron chi connectivity index (χ1n) is 22.9. The van der Waals surface area contributed by atoms with Crippen molar-refractivity contribution in [2.24, 2.45) is 0 Å². The molecule has 15 rings (SSSR count). The van der Waals surface area contributed by atoms with Gasteiger partial charge in [-0.3, -0.25) is 0 Å². The highest BCUT2D eigenvalue weighted by atomic mass is 32.1. The second-order valence-electron chi connectivity index (χ2n) is 17.9. The van der Waals surface area contributed by atoms with Crippen LogP contribution in [0.15, 0.2) is 223 Å². The first-order chi connectivity index (χ1) is 33.2. The lowest BCUT2D eigenvalue weighted by Crippen LogP contribution is -2.26. The predicted octanol–water partition coefficient (Wildman–Crippen LogP) is 16.9. The van der Waals surface area contributed by atoms with Crippen LogP contribution in [-0.2, 0) is 5.41 Å². The third-order valence-corrected chi connectivity index (χ3v) is 15.7. The van der Waals surface area contributed by atoms with Gasteiger partial charge in [-0.15, -0.1) is 11.3 Å². The van der Waals surface area contributed by atoms with Crippen LogP contribution >= 0.6 is 11.3 Å². The smallest absolute Gasteiger partial charge is 0.161 e. The summed E-state index contributed by atoms with van der Waals surface area (Å²) in [6.07, 6.45) is 0. The maximum Gasteiger partial charge on any atom is 0.161 e. The average Bonchev–Trinajstić information content (AvgIpc) is 4.23. The third-order valence-electron chi connectivity index (χ3n) is 14.5. The topological polar surface area (TPSA) is 38.9 Å². The Balaban J connectivity index is 0.897. The van der Waals surface area contributed by atoms with Crippen LogP contribution in [0.3, 0.4) is 0 Å². The van der Waals surface area contributed by atoms with Gasteiger partial charge in [0, 0.05) is 47.6 Å². The van der Waals surface area contributed by atoms with E-state index in [4.69, 9.17) is 14.4 Å². The number of nitrogens with zero attached hydrogens (tertiary/aromatic N) is 2. The lowest BCUT2D eigenvalue weighted by atomic mass is 9.69. The van der Waals surface area contributed by atoms with E-state index in [2.05, 4.69) is 218 Å². The normalized spacial score (nSPS) is 13.2. The lowest BCUT2D eigenvalue weighted by Gasteiger charge is -2.31. The molecule has 0 N–H and O–H groups in total. The minimum atomic E-state index is -0.503. The lowest BCUT2D eigenvalue weighted by molar-refractivity contribution is 0.678. The Hall–Kier alpha value is -8.44. The summed E-state index contributed by atoms with van der Waals surface area (Å²) in [6.45, 7) is 0. The molecule has 310 valence electrons. The highest BCUT2D eigenvalue weighted by Crippen LogP contribution is 2.65. The summed E-state index contributed by atoms with van der Waals surface area (Å²) in [5.74, 6) is 0.715. The number of fused-ring (bicyclic) bond motifs is 19. The molecule has 0 radical (unpaired) electrons. The predicted molar refractivity (Wildman–Crippen MR) is 277 cm³/mol. The van der Waals surface area contributed by atoms with Crippen LogP contribution < -0.4 is 0 Å². The zero-order valence-electron chi connectivity index (χ0n) is 36.0. The van der Waals surface area contributed by atoms with E-state index in [1.165, 1.54) is 86.6 Å². The van der Waals surface area contributed by atoms with Gasteiger partial charge in [-0.1, -0.05) is 170 Å². The van der Waals surface area contributed by atoms with Crippen molar-refractivity contribution in [3.63, 3.8) is 0 Å². The number of rotatable bonds is 5. The van der Waals surface area contributed by atoms with E-state index in [0.717, 1.165) is 50.4 Å². The summed E-state index contributed by atoms with van der Waals surface area (Å²) < 4.78 is 8.86. The molecule has 4 aromatic heterocycles. The van der Waals surface area contributed by atoms with Crippen molar-refractivity contribution in [3.8, 4) is 78.4 Å². The van der Waals surface area contributed by atoms with Crippen LogP contribution in [0.5, 0.6) is 0 Å². The second-order valence-corrected chi connectivity index (χ2v) is 19.0. The summed E-state index contributed by atoms with van der Waals surface area (Å²) in [4.78, 5) is 10.8. The minimum Gasteiger partial charge on any atom is -0.456 e. The van der Waals surface area contributed by atoms with Gasteiger partial charge < -0.3 is 4.42 Å². The summed E-state index contributed by atoms with van der Waals surface area (Å²) in [5, 5.41) is 4.88. The van der Waals surface area contributed by atoms with Crippen molar-refractivity contribution < 1.29 is 4.42 Å². The van der Waals surface area contributed by atoms with Gasteiger partial charge in [-0.05, 0) is 115 Å². The van der Waals surface area contributed by atoms with E-state index in [-0.39, 0.29) is 0 Å². The zero-order chi connectivity index (χ0) is 43.8. The Labute approximate surface area is 390 Å². The molecule has 13 aromatic rings. The summed E-state index contributed by atoms with van der Waals surface area (Å²) in [5.41, 5.74) is 21.3. The van der Waals surface area contributed by atoms with Crippen LogP contribution in [0.4, 0.5) is 0 Å². The molecule has 0 atom stereocenters. The molecule has 0 fully saturated rings. The summed E-state index contributed by atoms with van der Waals surface area (Å²) in [7, 11) is 0. The maximum absolute atomic E-state index is 6.42. The number of thiophene rings is 1. The van der Waals surface area contributed by atoms with E-state index in [1.807, 2.05) is 11.3 Å². The molecule has 2 bridgehead atoms. The van der Waals surface area contributed by atoms with E-state index in [1.54, 1.807) is 0 Å². The zero-order valence-corrected chi connectivity index (χ0v) is 36.8. The molecule has 0 saturated heterocycles. The van der Waals surface area contributed by atoms with Gasteiger partial charge in [0.15, 0.2) is 5.82 Å². The third kappa shape index (κ3) is 5.16. The van der Waals surface area contributed by atoms with Crippen molar-refractivity contribution in [2.45, 2.75) is 5.41 Å².